The molecule has 0 amide bonds. The van der Waals surface area contributed by atoms with Crippen molar-refractivity contribution in [2.45, 2.75) is 73.1 Å². The molecule has 1 fully saturated rings. The molecule has 0 radical (unpaired) electrons. The Hall–Kier alpha value is 0. The Kier molecular flexibility index (Phi) is 8.32. The minimum Gasteiger partial charge on any atom is -0.0654 e. The minimum atomic E-state index is 0.833. The highest BCUT2D eigenvalue weighted by atomic mass is 14.2. The molecule has 0 unspecified atom stereocenters. The zero-order valence-electron chi connectivity index (χ0n) is 11.0. The van der Waals surface area contributed by atoms with E-state index in [1.54, 1.807) is 0 Å². The summed E-state index contributed by atoms with van der Waals surface area (Å²) in [7, 11) is 0. The molecule has 1 saturated carbocycles. The van der Waals surface area contributed by atoms with E-state index >= 15 is 0 Å². The minimum absolute atomic E-state index is 0.833. The van der Waals surface area contributed by atoms with Crippen LogP contribution >= 0.6 is 0 Å². The van der Waals surface area contributed by atoms with E-state index in [2.05, 4.69) is 34.6 Å². The summed E-state index contributed by atoms with van der Waals surface area (Å²) in [5.74, 6) is 2.94. The van der Waals surface area contributed by atoms with Gasteiger partial charge < -0.3 is 0 Å². The molecule has 86 valence electrons. The summed E-state index contributed by atoms with van der Waals surface area (Å²) < 4.78 is 0. The van der Waals surface area contributed by atoms with E-state index in [0.29, 0.717) is 0 Å². The van der Waals surface area contributed by atoms with E-state index in [9.17, 15) is 0 Å². The van der Waals surface area contributed by atoms with Crippen molar-refractivity contribution >= 4 is 0 Å². The summed E-state index contributed by atoms with van der Waals surface area (Å²) in [5, 5.41) is 0. The first-order valence-electron chi connectivity index (χ1n) is 6.56. The third kappa shape index (κ3) is 8.59. The van der Waals surface area contributed by atoms with Gasteiger partial charge in [-0.1, -0.05) is 73.1 Å². The Bertz CT molecular complexity index is 104. The van der Waals surface area contributed by atoms with Crippen LogP contribution in [0, 0.1) is 17.8 Å². The average molecular weight is 198 g/mol. The van der Waals surface area contributed by atoms with Gasteiger partial charge in [-0.15, -0.1) is 0 Å². The second-order valence-corrected chi connectivity index (χ2v) is 5.65. The fraction of sp³-hybridized carbons (Fsp3) is 1.00. The lowest BCUT2D eigenvalue weighted by Crippen LogP contribution is -2.11. The van der Waals surface area contributed by atoms with Crippen molar-refractivity contribution in [1.29, 1.82) is 0 Å². The van der Waals surface area contributed by atoms with Gasteiger partial charge in [-0.25, -0.2) is 0 Å². The second-order valence-electron chi connectivity index (χ2n) is 5.65. The Morgan fingerprint density at radius 1 is 1.00 bits per heavy atom. The maximum Gasteiger partial charge on any atom is -0.0414 e. The molecule has 1 aliphatic carbocycles. The lowest BCUT2D eigenvalue weighted by Gasteiger charge is -2.25. The van der Waals surface area contributed by atoms with Crippen LogP contribution in [0.5, 0.6) is 0 Å². The fourth-order valence-corrected chi connectivity index (χ4v) is 2.03. The summed E-state index contributed by atoms with van der Waals surface area (Å²) in [6.45, 7) is 11.2. The van der Waals surface area contributed by atoms with Gasteiger partial charge in [0.25, 0.3) is 0 Å². The van der Waals surface area contributed by atoms with Crippen LogP contribution in [0.4, 0.5) is 0 Å². The highest BCUT2D eigenvalue weighted by Crippen LogP contribution is 2.30. The summed E-state index contributed by atoms with van der Waals surface area (Å²) in [6.07, 6.45) is 8.87. The highest BCUT2D eigenvalue weighted by Gasteiger charge is 2.16. The molecule has 0 bridgehead atoms. The van der Waals surface area contributed by atoms with E-state index in [4.69, 9.17) is 0 Å². The van der Waals surface area contributed by atoms with E-state index in [1.807, 2.05) is 0 Å². The van der Waals surface area contributed by atoms with Gasteiger partial charge in [0.1, 0.15) is 0 Å². The Labute approximate surface area is 91.5 Å². The first kappa shape index (κ1) is 14.0. The summed E-state index contributed by atoms with van der Waals surface area (Å²) >= 11 is 0. The average Bonchev–Trinajstić information content (AvgIpc) is 2.08. The predicted octanol–water partition coefficient (Wildman–Crippen LogP) is 5.28. The van der Waals surface area contributed by atoms with Crippen LogP contribution in [0.3, 0.4) is 0 Å². The zero-order chi connectivity index (χ0) is 11.0. The Balaban J connectivity index is 0.000000364. The maximum absolute atomic E-state index is 2.39. The molecule has 1 aliphatic rings. The first-order valence-corrected chi connectivity index (χ1v) is 6.56. The van der Waals surface area contributed by atoms with Crippen molar-refractivity contribution in [3.05, 3.63) is 0 Å². The van der Waals surface area contributed by atoms with Crippen LogP contribution in [-0.4, -0.2) is 0 Å². The van der Waals surface area contributed by atoms with Crippen LogP contribution in [-0.2, 0) is 0 Å². The zero-order valence-corrected chi connectivity index (χ0v) is 11.0. The molecule has 0 atom stereocenters. The molecule has 0 saturated heterocycles. The molecule has 0 heterocycles. The summed E-state index contributed by atoms with van der Waals surface area (Å²) in [5.41, 5.74) is 0. The third-order valence-electron chi connectivity index (χ3n) is 2.83. The van der Waals surface area contributed by atoms with E-state index in [0.717, 1.165) is 17.8 Å². The second kappa shape index (κ2) is 8.32. The fourth-order valence-electron chi connectivity index (χ4n) is 2.03. The Morgan fingerprint density at radius 3 is 1.79 bits per heavy atom. The molecule has 0 spiro atoms. The molecule has 0 aromatic carbocycles. The standard InChI is InChI=1S/C10H20.C4H10/c1-3-4-10-7-5-9(2)6-8-10;1-4(2)3/h9-10H,3-8H2,1-2H3;4H,1-3H3. The molecule has 0 N–H and O–H groups in total. The Morgan fingerprint density at radius 2 is 1.43 bits per heavy atom. The number of hydrogen-bond acceptors (Lipinski definition) is 0. The van der Waals surface area contributed by atoms with Gasteiger partial charge in [-0.3, -0.25) is 0 Å². The lowest BCUT2D eigenvalue weighted by atomic mass is 9.81. The van der Waals surface area contributed by atoms with Crippen molar-refractivity contribution in [2.75, 3.05) is 0 Å². The molecule has 0 aliphatic heterocycles. The SMILES string of the molecule is CC(C)C.CCCC1CCC(C)CC1. The van der Waals surface area contributed by atoms with E-state index < -0.39 is 0 Å². The van der Waals surface area contributed by atoms with E-state index in [1.165, 1.54) is 38.5 Å². The lowest BCUT2D eigenvalue weighted by molar-refractivity contribution is 0.276. The third-order valence-corrected chi connectivity index (χ3v) is 2.83. The van der Waals surface area contributed by atoms with Crippen molar-refractivity contribution in [3.8, 4) is 0 Å². The van der Waals surface area contributed by atoms with Gasteiger partial charge in [0.15, 0.2) is 0 Å². The normalized spacial score (nSPS) is 27.0. The topological polar surface area (TPSA) is 0 Å². The van der Waals surface area contributed by atoms with Crippen LogP contribution in [0.15, 0.2) is 0 Å². The molecule has 0 nitrogen and oxygen atoms in total. The van der Waals surface area contributed by atoms with E-state index in [-0.39, 0.29) is 0 Å². The van der Waals surface area contributed by atoms with Gasteiger partial charge >= 0.3 is 0 Å². The molecule has 0 aromatic heterocycles. The van der Waals surface area contributed by atoms with Gasteiger partial charge in [0, 0.05) is 0 Å². The molecule has 14 heavy (non-hydrogen) atoms. The predicted molar refractivity (Wildman–Crippen MR) is 66.5 cm³/mol. The van der Waals surface area contributed by atoms with Gasteiger partial charge in [0.05, 0.1) is 0 Å². The molecule has 0 heteroatoms. The van der Waals surface area contributed by atoms with Crippen LogP contribution in [0.2, 0.25) is 0 Å². The molecule has 0 aromatic rings. The van der Waals surface area contributed by atoms with Crippen LogP contribution in [0.1, 0.15) is 73.1 Å². The van der Waals surface area contributed by atoms with Crippen LogP contribution < -0.4 is 0 Å². The van der Waals surface area contributed by atoms with Crippen LogP contribution in [0.25, 0.3) is 0 Å². The van der Waals surface area contributed by atoms with Crippen molar-refractivity contribution in [1.82, 2.24) is 0 Å². The van der Waals surface area contributed by atoms with Crippen molar-refractivity contribution in [3.63, 3.8) is 0 Å². The maximum atomic E-state index is 2.39. The van der Waals surface area contributed by atoms with Gasteiger partial charge in [-0.05, 0) is 17.8 Å². The quantitative estimate of drug-likeness (QED) is 0.566. The molecule has 1 rings (SSSR count). The summed E-state index contributed by atoms with van der Waals surface area (Å²) in [4.78, 5) is 0. The molecular weight excluding hydrogens is 168 g/mol. The number of rotatable bonds is 2. The van der Waals surface area contributed by atoms with Gasteiger partial charge in [0.2, 0.25) is 0 Å². The van der Waals surface area contributed by atoms with Gasteiger partial charge in [-0.2, -0.15) is 0 Å². The first-order chi connectivity index (χ1) is 6.56. The number of hydrogen-bond donors (Lipinski definition) is 0. The monoisotopic (exact) mass is 198 g/mol. The smallest absolute Gasteiger partial charge is 0.0414 e. The largest absolute Gasteiger partial charge is 0.0654 e. The molecular formula is C14H30. The van der Waals surface area contributed by atoms with Crippen molar-refractivity contribution in [2.24, 2.45) is 17.8 Å². The highest BCUT2D eigenvalue weighted by molar-refractivity contribution is 4.69. The summed E-state index contributed by atoms with van der Waals surface area (Å²) in [6, 6.07) is 0. The van der Waals surface area contributed by atoms with Crippen molar-refractivity contribution < 1.29 is 0 Å².